The second kappa shape index (κ2) is 5.68. The Morgan fingerprint density at radius 2 is 1.90 bits per heavy atom. The number of rotatable bonds is 3. The van der Waals surface area contributed by atoms with Crippen molar-refractivity contribution in [2.75, 3.05) is 7.11 Å². The second-order valence-corrected chi connectivity index (χ2v) is 6.11. The molecule has 0 spiro atoms. The zero-order chi connectivity index (χ0) is 15.6. The molecule has 1 aliphatic heterocycles. The molecule has 1 aromatic carbocycles. The number of benzene rings is 1. The van der Waals surface area contributed by atoms with Crippen LogP contribution in [0.5, 0.6) is 0 Å². The minimum absolute atomic E-state index is 0.0111. The minimum Gasteiger partial charge on any atom is -0.465 e. The number of carbonyl (C=O) groups is 2. The summed E-state index contributed by atoms with van der Waals surface area (Å²) in [5.41, 5.74) is 2.22. The molecule has 5 nitrogen and oxygen atoms in total. The van der Waals surface area contributed by atoms with Crippen molar-refractivity contribution in [1.82, 2.24) is 5.01 Å². The number of carbonyl (C=O) groups excluding carboxylic acids is 2. The van der Waals surface area contributed by atoms with Crippen LogP contribution in [0.25, 0.3) is 0 Å². The van der Waals surface area contributed by atoms with Gasteiger partial charge in [0.2, 0.25) is 5.91 Å². The molecule has 0 unspecified atom stereocenters. The van der Waals surface area contributed by atoms with E-state index in [1.165, 1.54) is 12.1 Å². The number of esters is 1. The molecule has 2 rings (SSSR count). The Morgan fingerprint density at radius 3 is 2.38 bits per heavy atom. The topological polar surface area (TPSA) is 59.0 Å². The molecule has 0 bridgehead atoms. The largest absolute Gasteiger partial charge is 0.465 e. The molecule has 0 N–H and O–H groups in total. The van der Waals surface area contributed by atoms with Gasteiger partial charge in [0, 0.05) is 5.41 Å². The van der Waals surface area contributed by atoms with Gasteiger partial charge >= 0.3 is 5.97 Å². The average Bonchev–Trinajstić information content (AvgIpc) is 2.80. The first kappa shape index (κ1) is 15.2. The minimum atomic E-state index is -0.369. The van der Waals surface area contributed by atoms with Gasteiger partial charge in [0.1, 0.15) is 0 Å². The first-order chi connectivity index (χ1) is 9.81. The quantitative estimate of drug-likeness (QED) is 0.803. The van der Waals surface area contributed by atoms with Crippen LogP contribution in [-0.4, -0.2) is 29.7 Å². The second-order valence-electron chi connectivity index (χ2n) is 6.11. The molecular weight excluding hydrogens is 268 g/mol. The molecule has 5 heteroatoms. The molecule has 0 aromatic heterocycles. The summed E-state index contributed by atoms with van der Waals surface area (Å²) in [7, 11) is 1.35. The lowest BCUT2D eigenvalue weighted by Crippen LogP contribution is -2.20. The molecule has 0 atom stereocenters. The molecule has 0 aliphatic carbocycles. The summed E-state index contributed by atoms with van der Waals surface area (Å²) in [4.78, 5) is 23.4. The lowest BCUT2D eigenvalue weighted by atomic mass is 9.88. The molecule has 0 radical (unpaired) electrons. The van der Waals surface area contributed by atoms with E-state index in [1.54, 1.807) is 12.1 Å². The third-order valence-electron chi connectivity index (χ3n) is 3.42. The average molecular weight is 288 g/mol. The first-order valence-electron chi connectivity index (χ1n) is 6.87. The van der Waals surface area contributed by atoms with Crippen molar-refractivity contribution in [3.63, 3.8) is 0 Å². The summed E-state index contributed by atoms with van der Waals surface area (Å²) in [5.74, 6) is -0.358. The van der Waals surface area contributed by atoms with E-state index >= 15 is 0 Å². The van der Waals surface area contributed by atoms with Crippen molar-refractivity contribution in [3.8, 4) is 0 Å². The lowest BCUT2D eigenvalue weighted by Gasteiger charge is -2.16. The smallest absolute Gasteiger partial charge is 0.337 e. The van der Waals surface area contributed by atoms with Crippen molar-refractivity contribution in [1.29, 1.82) is 0 Å². The van der Waals surface area contributed by atoms with Crippen LogP contribution in [0.4, 0.5) is 0 Å². The van der Waals surface area contributed by atoms with E-state index in [0.717, 1.165) is 11.3 Å². The van der Waals surface area contributed by atoms with E-state index in [9.17, 15) is 9.59 Å². The molecular formula is C16H20N2O3. The summed E-state index contributed by atoms with van der Waals surface area (Å²) >= 11 is 0. The third kappa shape index (κ3) is 3.48. The van der Waals surface area contributed by atoms with Gasteiger partial charge in [-0.3, -0.25) is 4.79 Å². The first-order valence-corrected chi connectivity index (χ1v) is 6.87. The molecule has 21 heavy (non-hydrogen) atoms. The highest BCUT2D eigenvalue weighted by Crippen LogP contribution is 2.25. The van der Waals surface area contributed by atoms with Crippen LogP contribution in [0.3, 0.4) is 0 Å². The predicted molar refractivity (Wildman–Crippen MR) is 79.8 cm³/mol. The number of amides is 1. The number of hydrogen-bond donors (Lipinski definition) is 0. The summed E-state index contributed by atoms with van der Waals surface area (Å²) < 4.78 is 4.65. The van der Waals surface area contributed by atoms with Gasteiger partial charge in [-0.1, -0.05) is 32.9 Å². The Hall–Kier alpha value is -2.17. The number of hydrazone groups is 1. The lowest BCUT2D eigenvalue weighted by molar-refractivity contribution is -0.129. The Bertz CT molecular complexity index is 583. The van der Waals surface area contributed by atoms with Crippen LogP contribution in [0.2, 0.25) is 0 Å². The number of hydrogen-bond acceptors (Lipinski definition) is 4. The van der Waals surface area contributed by atoms with Crippen LogP contribution in [0, 0.1) is 5.41 Å². The van der Waals surface area contributed by atoms with Gasteiger partial charge in [-0.25, -0.2) is 9.80 Å². The normalized spacial score (nSPS) is 15.1. The predicted octanol–water partition coefficient (Wildman–Crippen LogP) is 2.61. The van der Waals surface area contributed by atoms with E-state index in [-0.39, 0.29) is 17.3 Å². The number of ether oxygens (including phenoxy) is 1. The highest BCUT2D eigenvalue weighted by Gasteiger charge is 2.30. The van der Waals surface area contributed by atoms with Crippen LogP contribution < -0.4 is 0 Å². The molecule has 0 fully saturated rings. The van der Waals surface area contributed by atoms with Crippen molar-refractivity contribution in [3.05, 3.63) is 35.4 Å². The fourth-order valence-electron chi connectivity index (χ4n) is 2.05. The van der Waals surface area contributed by atoms with Gasteiger partial charge in [-0.2, -0.15) is 5.10 Å². The Kier molecular flexibility index (Phi) is 4.11. The van der Waals surface area contributed by atoms with Crippen molar-refractivity contribution in [2.45, 2.75) is 33.7 Å². The van der Waals surface area contributed by atoms with Gasteiger partial charge < -0.3 is 4.74 Å². The van der Waals surface area contributed by atoms with Gasteiger partial charge in [0.15, 0.2) is 0 Å². The number of nitrogens with zero attached hydrogens (tertiary/aromatic N) is 2. The maximum Gasteiger partial charge on any atom is 0.337 e. The standard InChI is InChI=1S/C16H20N2O3/c1-16(2,3)13-9-14(19)18(17-13)10-11-5-7-12(8-6-11)15(20)21-4/h5-8H,9-10H2,1-4H3. The van der Waals surface area contributed by atoms with Crippen LogP contribution >= 0.6 is 0 Å². The van der Waals surface area contributed by atoms with E-state index in [2.05, 4.69) is 9.84 Å². The fourth-order valence-corrected chi connectivity index (χ4v) is 2.05. The van der Waals surface area contributed by atoms with E-state index < -0.39 is 0 Å². The number of methoxy groups -OCH3 is 1. The molecule has 1 amide bonds. The fraction of sp³-hybridized carbons (Fsp3) is 0.438. The van der Waals surface area contributed by atoms with Crippen LogP contribution in [0.1, 0.15) is 43.1 Å². The summed E-state index contributed by atoms with van der Waals surface area (Å²) in [6, 6.07) is 7.00. The van der Waals surface area contributed by atoms with E-state index in [0.29, 0.717) is 18.5 Å². The molecule has 1 aromatic rings. The van der Waals surface area contributed by atoms with E-state index in [1.807, 2.05) is 32.9 Å². The Morgan fingerprint density at radius 1 is 1.29 bits per heavy atom. The van der Waals surface area contributed by atoms with Crippen molar-refractivity contribution < 1.29 is 14.3 Å². The zero-order valence-electron chi connectivity index (χ0n) is 12.8. The molecule has 0 saturated heterocycles. The van der Waals surface area contributed by atoms with Crippen LogP contribution in [0.15, 0.2) is 29.4 Å². The molecule has 1 heterocycles. The summed E-state index contributed by atoms with van der Waals surface area (Å²) in [5, 5.41) is 5.91. The van der Waals surface area contributed by atoms with E-state index in [4.69, 9.17) is 0 Å². The monoisotopic (exact) mass is 288 g/mol. The molecule has 0 saturated carbocycles. The Labute approximate surface area is 124 Å². The third-order valence-corrected chi connectivity index (χ3v) is 3.42. The highest BCUT2D eigenvalue weighted by atomic mass is 16.5. The van der Waals surface area contributed by atoms with Gasteiger partial charge in [0.25, 0.3) is 0 Å². The Balaban J connectivity index is 2.10. The van der Waals surface area contributed by atoms with Gasteiger partial charge in [-0.05, 0) is 17.7 Å². The van der Waals surface area contributed by atoms with Crippen molar-refractivity contribution in [2.24, 2.45) is 10.5 Å². The SMILES string of the molecule is COC(=O)c1ccc(CN2N=C(C(C)(C)C)CC2=O)cc1. The summed E-state index contributed by atoms with van der Waals surface area (Å²) in [6.45, 7) is 6.56. The van der Waals surface area contributed by atoms with Gasteiger partial charge in [0.05, 0.1) is 31.4 Å². The van der Waals surface area contributed by atoms with Crippen LogP contribution in [-0.2, 0) is 16.1 Å². The highest BCUT2D eigenvalue weighted by molar-refractivity contribution is 6.07. The maximum atomic E-state index is 12.0. The maximum absolute atomic E-state index is 12.0. The summed E-state index contributed by atoms with van der Waals surface area (Å²) in [6.07, 6.45) is 0.379. The molecule has 1 aliphatic rings. The van der Waals surface area contributed by atoms with Crippen molar-refractivity contribution >= 4 is 17.6 Å². The zero-order valence-corrected chi connectivity index (χ0v) is 12.8. The molecule has 112 valence electrons. The van der Waals surface area contributed by atoms with Gasteiger partial charge in [-0.15, -0.1) is 0 Å².